The molecule has 0 unspecified atom stereocenters. The number of ether oxygens (including phenoxy) is 1. The van der Waals surface area contributed by atoms with Crippen molar-refractivity contribution in [3.63, 3.8) is 0 Å². The molecule has 0 spiro atoms. The molecule has 0 aliphatic carbocycles. The van der Waals surface area contributed by atoms with Crippen molar-refractivity contribution in [3.8, 4) is 5.75 Å². The molecule has 1 saturated heterocycles. The number of amides is 1. The van der Waals surface area contributed by atoms with E-state index in [9.17, 15) is 9.90 Å². The summed E-state index contributed by atoms with van der Waals surface area (Å²) < 4.78 is 5.11. The molecule has 0 saturated carbocycles. The van der Waals surface area contributed by atoms with Crippen molar-refractivity contribution in [2.24, 2.45) is 5.92 Å². The van der Waals surface area contributed by atoms with E-state index >= 15 is 0 Å². The molecule has 6 nitrogen and oxygen atoms in total. The van der Waals surface area contributed by atoms with E-state index in [0.29, 0.717) is 11.5 Å². The summed E-state index contributed by atoms with van der Waals surface area (Å²) in [5.74, 6) is 0.310. The highest BCUT2D eigenvalue weighted by Crippen LogP contribution is 2.21. The van der Waals surface area contributed by atoms with Crippen molar-refractivity contribution < 1.29 is 14.6 Å². The number of nitrogens with zero attached hydrogens (tertiary/aromatic N) is 3. The maximum Gasteiger partial charge on any atom is 0.257 e. The maximum atomic E-state index is 12.5. The Morgan fingerprint density at radius 1 is 1.48 bits per heavy atom. The topological polar surface area (TPSA) is 65.9 Å². The van der Waals surface area contributed by atoms with Gasteiger partial charge in [-0.15, -0.1) is 0 Å². The predicted molar refractivity (Wildman–Crippen MR) is 88.6 cm³/mol. The normalized spacial score (nSPS) is 16.5. The second-order valence-electron chi connectivity index (χ2n) is 6.31. The van der Waals surface area contributed by atoms with E-state index in [0.717, 1.165) is 51.3 Å². The standard InChI is InChI=1S/C17H27N3O3/c1-13-10-15(16(21)11-18-13)17(22)19(2)12-14-4-6-20(7-5-14)8-9-23-3/h10-11,14,21H,4-9,12H2,1-3H3. The second-order valence-corrected chi connectivity index (χ2v) is 6.31. The van der Waals surface area contributed by atoms with Gasteiger partial charge in [-0.1, -0.05) is 0 Å². The number of hydrogen-bond donors (Lipinski definition) is 1. The van der Waals surface area contributed by atoms with Gasteiger partial charge in [0.05, 0.1) is 18.4 Å². The van der Waals surface area contributed by atoms with E-state index in [2.05, 4.69) is 9.88 Å². The third-order valence-corrected chi connectivity index (χ3v) is 4.45. The average molecular weight is 321 g/mol. The first-order valence-corrected chi connectivity index (χ1v) is 8.13. The van der Waals surface area contributed by atoms with Gasteiger partial charge in [-0.2, -0.15) is 0 Å². The van der Waals surface area contributed by atoms with Crippen LogP contribution in [0.15, 0.2) is 12.3 Å². The lowest BCUT2D eigenvalue weighted by Crippen LogP contribution is -2.40. The lowest BCUT2D eigenvalue weighted by atomic mass is 9.96. The zero-order valence-corrected chi connectivity index (χ0v) is 14.3. The third kappa shape index (κ3) is 4.91. The quantitative estimate of drug-likeness (QED) is 0.861. The molecule has 0 radical (unpaired) electrons. The lowest BCUT2D eigenvalue weighted by molar-refractivity contribution is 0.0721. The molecule has 128 valence electrons. The van der Waals surface area contributed by atoms with Gasteiger partial charge in [0.2, 0.25) is 0 Å². The minimum atomic E-state index is -0.144. The molecule has 1 aromatic heterocycles. The van der Waals surface area contributed by atoms with Crippen LogP contribution in [0.3, 0.4) is 0 Å². The Bertz CT molecular complexity index is 528. The van der Waals surface area contributed by atoms with Crippen LogP contribution in [0.2, 0.25) is 0 Å². The van der Waals surface area contributed by atoms with Crippen LogP contribution in [-0.2, 0) is 4.74 Å². The number of aromatic nitrogens is 1. The highest BCUT2D eigenvalue weighted by Gasteiger charge is 2.23. The number of piperidine rings is 1. The molecule has 6 heteroatoms. The maximum absolute atomic E-state index is 12.5. The van der Waals surface area contributed by atoms with E-state index in [4.69, 9.17) is 4.74 Å². The van der Waals surface area contributed by atoms with Gasteiger partial charge < -0.3 is 19.6 Å². The van der Waals surface area contributed by atoms with Crippen molar-refractivity contribution in [1.82, 2.24) is 14.8 Å². The molecular weight excluding hydrogens is 294 g/mol. The minimum absolute atomic E-state index is 0.0539. The van der Waals surface area contributed by atoms with Gasteiger partial charge in [0, 0.05) is 32.9 Å². The zero-order chi connectivity index (χ0) is 16.8. The van der Waals surface area contributed by atoms with Crippen LogP contribution in [0.5, 0.6) is 5.75 Å². The Balaban J connectivity index is 1.86. The Kier molecular flexibility index (Phi) is 6.36. The average Bonchev–Trinajstić information content (AvgIpc) is 2.55. The molecule has 2 rings (SSSR count). The molecule has 23 heavy (non-hydrogen) atoms. The van der Waals surface area contributed by atoms with Crippen molar-refractivity contribution in [2.45, 2.75) is 19.8 Å². The fourth-order valence-corrected chi connectivity index (χ4v) is 3.01. The SMILES string of the molecule is COCCN1CCC(CN(C)C(=O)c2cc(C)ncc2O)CC1. The van der Waals surface area contributed by atoms with E-state index in [-0.39, 0.29) is 11.7 Å². The molecule has 1 amide bonds. The van der Waals surface area contributed by atoms with Gasteiger partial charge in [0.1, 0.15) is 5.75 Å². The monoisotopic (exact) mass is 321 g/mol. The summed E-state index contributed by atoms with van der Waals surface area (Å²) in [5, 5.41) is 9.85. The van der Waals surface area contributed by atoms with Crippen LogP contribution in [0.4, 0.5) is 0 Å². The third-order valence-electron chi connectivity index (χ3n) is 4.45. The van der Waals surface area contributed by atoms with E-state index in [1.165, 1.54) is 6.20 Å². The molecule has 1 aliphatic heterocycles. The number of rotatable bonds is 6. The van der Waals surface area contributed by atoms with Crippen LogP contribution < -0.4 is 0 Å². The van der Waals surface area contributed by atoms with E-state index in [1.54, 1.807) is 25.1 Å². The van der Waals surface area contributed by atoms with Crippen molar-refractivity contribution in [1.29, 1.82) is 0 Å². The highest BCUT2D eigenvalue weighted by molar-refractivity contribution is 5.96. The minimum Gasteiger partial charge on any atom is -0.505 e. The zero-order valence-electron chi connectivity index (χ0n) is 14.3. The molecule has 0 atom stereocenters. The molecule has 1 aliphatic rings. The highest BCUT2D eigenvalue weighted by atomic mass is 16.5. The summed E-state index contributed by atoms with van der Waals surface area (Å²) in [6.07, 6.45) is 3.51. The summed E-state index contributed by atoms with van der Waals surface area (Å²) in [6, 6.07) is 1.64. The Labute approximate surface area is 138 Å². The molecule has 1 fully saturated rings. The van der Waals surface area contributed by atoms with Gasteiger partial charge in [-0.3, -0.25) is 9.78 Å². The fourth-order valence-electron chi connectivity index (χ4n) is 3.01. The molecule has 2 heterocycles. The van der Waals surface area contributed by atoms with Gasteiger partial charge in [-0.05, 0) is 44.8 Å². The summed E-state index contributed by atoms with van der Waals surface area (Å²) in [7, 11) is 3.53. The molecule has 0 aromatic carbocycles. The fraction of sp³-hybridized carbons (Fsp3) is 0.647. The molecule has 1 N–H and O–H groups in total. The van der Waals surface area contributed by atoms with Crippen LogP contribution >= 0.6 is 0 Å². The number of carbonyl (C=O) groups excluding carboxylic acids is 1. The van der Waals surface area contributed by atoms with Crippen LogP contribution in [0, 0.1) is 12.8 Å². The van der Waals surface area contributed by atoms with Gasteiger partial charge in [0.25, 0.3) is 5.91 Å². The second kappa shape index (κ2) is 8.26. The Morgan fingerprint density at radius 3 is 2.83 bits per heavy atom. The van der Waals surface area contributed by atoms with Crippen molar-refractivity contribution in [2.75, 3.05) is 46.9 Å². The number of aromatic hydroxyl groups is 1. The van der Waals surface area contributed by atoms with E-state index < -0.39 is 0 Å². The summed E-state index contributed by atoms with van der Waals surface area (Å²) in [6.45, 7) is 6.38. The Hall–Kier alpha value is -1.66. The smallest absolute Gasteiger partial charge is 0.257 e. The number of aryl methyl sites for hydroxylation is 1. The number of carbonyl (C=O) groups is 1. The van der Waals surface area contributed by atoms with Crippen LogP contribution in [0.25, 0.3) is 0 Å². The largest absolute Gasteiger partial charge is 0.505 e. The molecule has 1 aromatic rings. The number of hydrogen-bond acceptors (Lipinski definition) is 5. The van der Waals surface area contributed by atoms with Crippen LogP contribution in [0.1, 0.15) is 28.9 Å². The summed E-state index contributed by atoms with van der Waals surface area (Å²) in [4.78, 5) is 20.6. The van der Waals surface area contributed by atoms with Gasteiger partial charge >= 0.3 is 0 Å². The molecular formula is C17H27N3O3. The van der Waals surface area contributed by atoms with Crippen LogP contribution in [-0.4, -0.2) is 72.7 Å². The van der Waals surface area contributed by atoms with E-state index in [1.807, 2.05) is 6.92 Å². The summed E-state index contributed by atoms with van der Waals surface area (Å²) >= 11 is 0. The lowest BCUT2D eigenvalue weighted by Gasteiger charge is -2.33. The number of pyridine rings is 1. The Morgan fingerprint density at radius 2 is 2.17 bits per heavy atom. The first kappa shape index (κ1) is 17.7. The first-order valence-electron chi connectivity index (χ1n) is 8.13. The van der Waals surface area contributed by atoms with Gasteiger partial charge in [-0.25, -0.2) is 0 Å². The predicted octanol–water partition coefficient (Wildman–Crippen LogP) is 1.53. The summed E-state index contributed by atoms with van der Waals surface area (Å²) in [5.41, 5.74) is 1.06. The number of methoxy groups -OCH3 is 1. The number of likely N-dealkylation sites (tertiary alicyclic amines) is 1. The van der Waals surface area contributed by atoms with Crippen molar-refractivity contribution in [3.05, 3.63) is 23.5 Å². The molecule has 0 bridgehead atoms. The first-order chi connectivity index (χ1) is 11.0. The van der Waals surface area contributed by atoms with Gasteiger partial charge in [0.15, 0.2) is 0 Å². The van der Waals surface area contributed by atoms with Crippen molar-refractivity contribution >= 4 is 5.91 Å².